The monoisotopic (exact) mass is 306 g/mol. The third-order valence-corrected chi connectivity index (χ3v) is 4.40. The molecule has 6 heteroatoms. The highest BCUT2D eigenvalue weighted by atomic mass is 16.1. The van der Waals surface area contributed by atoms with Crippen LogP contribution in [0.5, 0.6) is 0 Å². The molecule has 22 heavy (non-hydrogen) atoms. The Morgan fingerprint density at radius 3 is 2.50 bits per heavy atom. The molecule has 2 rings (SSSR count). The summed E-state index contributed by atoms with van der Waals surface area (Å²) >= 11 is 0. The lowest BCUT2D eigenvalue weighted by Gasteiger charge is -2.44. The maximum Gasteiger partial charge on any atom is 0.252 e. The van der Waals surface area contributed by atoms with Crippen LogP contribution in [0.3, 0.4) is 0 Å². The van der Waals surface area contributed by atoms with E-state index in [1.54, 1.807) is 6.07 Å². The number of nitrogens with zero attached hydrogens (tertiary/aromatic N) is 2. The van der Waals surface area contributed by atoms with Gasteiger partial charge in [0.1, 0.15) is 0 Å². The van der Waals surface area contributed by atoms with E-state index >= 15 is 0 Å². The largest absolute Gasteiger partial charge is 0.350 e. The van der Waals surface area contributed by atoms with E-state index in [9.17, 15) is 9.59 Å². The standard InChI is InChI=1S/C16H26N4O2/c1-4-19-7-9-20(10-8-19)16(2,3)12-18-15(22)13-5-6-14(21)17-11-13/h5-6,11H,4,7-10,12H2,1-3H3,(H,17,21)(H,18,22). The predicted octanol–water partition coefficient (Wildman–Crippen LogP) is 0.521. The Kier molecular flexibility index (Phi) is 5.37. The van der Waals surface area contributed by atoms with Crippen LogP contribution in [0, 0.1) is 0 Å². The number of amides is 1. The Balaban J connectivity index is 1.88. The van der Waals surface area contributed by atoms with Crippen molar-refractivity contribution in [3.8, 4) is 0 Å². The summed E-state index contributed by atoms with van der Waals surface area (Å²) in [6.07, 6.45) is 1.45. The average molecular weight is 306 g/mol. The summed E-state index contributed by atoms with van der Waals surface area (Å²) in [4.78, 5) is 30.5. The molecule has 0 spiro atoms. The maximum atomic E-state index is 12.1. The number of nitrogens with one attached hydrogen (secondary N) is 2. The first kappa shape index (κ1) is 16.7. The van der Waals surface area contributed by atoms with Crippen LogP contribution in [0.1, 0.15) is 31.1 Å². The summed E-state index contributed by atoms with van der Waals surface area (Å²) in [5, 5.41) is 2.96. The number of likely N-dealkylation sites (N-methyl/N-ethyl adjacent to an activating group) is 1. The molecule has 1 fully saturated rings. The van der Waals surface area contributed by atoms with Crippen molar-refractivity contribution in [2.24, 2.45) is 0 Å². The highest BCUT2D eigenvalue weighted by Crippen LogP contribution is 2.16. The molecule has 0 saturated carbocycles. The van der Waals surface area contributed by atoms with E-state index in [0.717, 1.165) is 32.7 Å². The van der Waals surface area contributed by atoms with Gasteiger partial charge in [-0.15, -0.1) is 0 Å². The van der Waals surface area contributed by atoms with Gasteiger partial charge >= 0.3 is 0 Å². The van der Waals surface area contributed by atoms with Gasteiger partial charge in [-0.25, -0.2) is 0 Å². The number of rotatable bonds is 5. The Hall–Kier alpha value is -1.66. The molecule has 1 amide bonds. The highest BCUT2D eigenvalue weighted by molar-refractivity contribution is 5.93. The lowest BCUT2D eigenvalue weighted by Crippen LogP contribution is -2.58. The second kappa shape index (κ2) is 7.07. The molecular formula is C16H26N4O2. The van der Waals surface area contributed by atoms with Gasteiger partial charge in [0.15, 0.2) is 0 Å². The second-order valence-electron chi connectivity index (χ2n) is 6.36. The lowest BCUT2D eigenvalue weighted by molar-refractivity contribution is 0.0521. The van der Waals surface area contributed by atoms with Crippen molar-refractivity contribution in [2.45, 2.75) is 26.3 Å². The zero-order valence-electron chi connectivity index (χ0n) is 13.7. The van der Waals surface area contributed by atoms with Crippen molar-refractivity contribution in [3.63, 3.8) is 0 Å². The van der Waals surface area contributed by atoms with Crippen molar-refractivity contribution in [1.82, 2.24) is 20.1 Å². The van der Waals surface area contributed by atoms with Gasteiger partial charge in [-0.1, -0.05) is 6.92 Å². The minimum Gasteiger partial charge on any atom is -0.350 e. The third kappa shape index (κ3) is 4.18. The molecule has 1 aliphatic rings. The number of pyridine rings is 1. The van der Waals surface area contributed by atoms with Crippen LogP contribution >= 0.6 is 0 Å². The van der Waals surface area contributed by atoms with Crippen LogP contribution in [-0.2, 0) is 0 Å². The fraction of sp³-hybridized carbons (Fsp3) is 0.625. The lowest BCUT2D eigenvalue weighted by atomic mass is 10.0. The molecule has 0 aliphatic carbocycles. The Bertz CT molecular complexity index is 539. The van der Waals surface area contributed by atoms with E-state index < -0.39 is 0 Å². The van der Waals surface area contributed by atoms with E-state index in [0.29, 0.717) is 12.1 Å². The van der Waals surface area contributed by atoms with Crippen LogP contribution < -0.4 is 10.9 Å². The smallest absolute Gasteiger partial charge is 0.252 e. The SMILES string of the molecule is CCN1CCN(C(C)(C)CNC(=O)c2ccc(=O)[nH]c2)CC1. The summed E-state index contributed by atoms with van der Waals surface area (Å²) < 4.78 is 0. The Morgan fingerprint density at radius 2 is 1.95 bits per heavy atom. The molecule has 2 N–H and O–H groups in total. The van der Waals surface area contributed by atoms with E-state index in [4.69, 9.17) is 0 Å². The van der Waals surface area contributed by atoms with Crippen LogP contribution in [0.25, 0.3) is 0 Å². The topological polar surface area (TPSA) is 68.4 Å². The van der Waals surface area contributed by atoms with E-state index in [-0.39, 0.29) is 17.0 Å². The average Bonchev–Trinajstić information content (AvgIpc) is 2.53. The zero-order valence-corrected chi connectivity index (χ0v) is 13.7. The summed E-state index contributed by atoms with van der Waals surface area (Å²) in [7, 11) is 0. The third-order valence-electron chi connectivity index (χ3n) is 4.40. The number of aromatic nitrogens is 1. The first-order valence-corrected chi connectivity index (χ1v) is 7.87. The van der Waals surface area contributed by atoms with Crippen LogP contribution in [0.15, 0.2) is 23.1 Å². The number of aromatic amines is 1. The minimum atomic E-state index is -0.203. The van der Waals surface area contributed by atoms with Gasteiger partial charge < -0.3 is 15.2 Å². The Morgan fingerprint density at radius 1 is 1.27 bits per heavy atom. The van der Waals surface area contributed by atoms with Crippen molar-refractivity contribution in [1.29, 1.82) is 0 Å². The molecule has 1 aromatic heterocycles. The molecule has 0 radical (unpaired) electrons. The molecule has 1 aliphatic heterocycles. The van der Waals surface area contributed by atoms with Crippen LogP contribution in [0.4, 0.5) is 0 Å². The zero-order chi connectivity index (χ0) is 16.2. The first-order valence-electron chi connectivity index (χ1n) is 7.87. The van der Waals surface area contributed by atoms with Crippen molar-refractivity contribution >= 4 is 5.91 Å². The predicted molar refractivity (Wildman–Crippen MR) is 87.2 cm³/mol. The van der Waals surface area contributed by atoms with Crippen molar-refractivity contribution in [3.05, 3.63) is 34.2 Å². The molecule has 122 valence electrons. The van der Waals surface area contributed by atoms with Crippen molar-refractivity contribution < 1.29 is 4.79 Å². The quantitative estimate of drug-likeness (QED) is 0.832. The summed E-state index contributed by atoms with van der Waals surface area (Å²) in [6, 6.07) is 2.91. The number of carbonyl (C=O) groups is 1. The summed E-state index contributed by atoms with van der Waals surface area (Å²) in [5.41, 5.74) is 0.189. The fourth-order valence-electron chi connectivity index (χ4n) is 2.73. The summed E-state index contributed by atoms with van der Waals surface area (Å²) in [5.74, 6) is -0.156. The molecule has 6 nitrogen and oxygen atoms in total. The molecule has 0 aromatic carbocycles. The van der Waals surface area contributed by atoms with E-state index in [1.807, 2.05) is 0 Å². The van der Waals surface area contributed by atoms with E-state index in [2.05, 4.69) is 40.9 Å². The van der Waals surface area contributed by atoms with Gasteiger partial charge in [-0.2, -0.15) is 0 Å². The van der Waals surface area contributed by atoms with Crippen LogP contribution in [0.2, 0.25) is 0 Å². The van der Waals surface area contributed by atoms with Crippen LogP contribution in [-0.4, -0.2) is 65.5 Å². The van der Waals surface area contributed by atoms with Gasteiger partial charge in [-0.05, 0) is 26.5 Å². The maximum absolute atomic E-state index is 12.1. The Labute approximate surface area is 131 Å². The molecule has 0 atom stereocenters. The number of carbonyl (C=O) groups excluding carboxylic acids is 1. The number of hydrogen-bond donors (Lipinski definition) is 2. The molecular weight excluding hydrogens is 280 g/mol. The fourth-order valence-corrected chi connectivity index (χ4v) is 2.73. The van der Waals surface area contributed by atoms with Gasteiger partial charge in [0, 0.05) is 50.5 Å². The van der Waals surface area contributed by atoms with Crippen molar-refractivity contribution in [2.75, 3.05) is 39.3 Å². The van der Waals surface area contributed by atoms with E-state index in [1.165, 1.54) is 12.3 Å². The molecule has 0 bridgehead atoms. The molecule has 1 saturated heterocycles. The number of H-pyrrole nitrogens is 1. The van der Waals surface area contributed by atoms with Gasteiger partial charge in [0.2, 0.25) is 5.56 Å². The second-order valence-corrected chi connectivity index (χ2v) is 6.36. The molecule has 1 aromatic rings. The molecule has 0 unspecified atom stereocenters. The van der Waals surface area contributed by atoms with Gasteiger partial charge in [0.25, 0.3) is 5.91 Å². The summed E-state index contributed by atoms with van der Waals surface area (Å²) in [6.45, 7) is 12.4. The highest BCUT2D eigenvalue weighted by Gasteiger charge is 2.29. The van der Waals surface area contributed by atoms with Gasteiger partial charge in [0.05, 0.1) is 5.56 Å². The normalized spacial score (nSPS) is 17.4. The van der Waals surface area contributed by atoms with Gasteiger partial charge in [-0.3, -0.25) is 14.5 Å². The first-order chi connectivity index (χ1) is 10.4. The number of piperazine rings is 1. The number of hydrogen-bond acceptors (Lipinski definition) is 4. The molecule has 2 heterocycles. The minimum absolute atomic E-state index is 0.0856.